The molecular formula is C18H20ClF3N2O. The molecule has 0 amide bonds. The van der Waals surface area contributed by atoms with Crippen molar-refractivity contribution in [3.63, 3.8) is 0 Å². The summed E-state index contributed by atoms with van der Waals surface area (Å²) < 4.78 is 46.3. The highest BCUT2D eigenvalue weighted by atomic mass is 35.5. The lowest BCUT2D eigenvalue weighted by atomic mass is 10.0. The maximum atomic E-state index is 13.5. The number of alkyl halides is 3. The van der Waals surface area contributed by atoms with Crippen LogP contribution in [0.4, 0.5) is 13.2 Å². The van der Waals surface area contributed by atoms with Gasteiger partial charge in [-0.1, -0.05) is 30.3 Å². The second-order valence-electron chi connectivity index (χ2n) is 5.71. The van der Waals surface area contributed by atoms with Gasteiger partial charge in [0.2, 0.25) is 0 Å². The molecule has 1 saturated heterocycles. The molecule has 0 bridgehead atoms. The molecular weight excluding hydrogens is 353 g/mol. The summed E-state index contributed by atoms with van der Waals surface area (Å²) in [5.41, 5.74) is 0.241. The van der Waals surface area contributed by atoms with Crippen molar-refractivity contribution in [2.24, 2.45) is 0 Å². The first kappa shape index (κ1) is 19.6. The summed E-state index contributed by atoms with van der Waals surface area (Å²) in [6.07, 6.45) is -4.31. The van der Waals surface area contributed by atoms with E-state index in [9.17, 15) is 13.2 Å². The zero-order chi connectivity index (χ0) is 17.0. The van der Waals surface area contributed by atoms with E-state index in [1.54, 1.807) is 24.3 Å². The van der Waals surface area contributed by atoms with E-state index in [0.717, 1.165) is 0 Å². The summed E-state index contributed by atoms with van der Waals surface area (Å²) in [5.74, 6) is 1.17. The Morgan fingerprint density at radius 3 is 2.00 bits per heavy atom. The summed E-state index contributed by atoms with van der Waals surface area (Å²) in [6.45, 7) is 1.91. The van der Waals surface area contributed by atoms with Crippen LogP contribution in [0.15, 0.2) is 54.6 Å². The molecule has 3 nitrogen and oxygen atoms in total. The average molecular weight is 373 g/mol. The van der Waals surface area contributed by atoms with Crippen LogP contribution in [-0.2, 0) is 0 Å². The Morgan fingerprint density at radius 1 is 0.880 bits per heavy atom. The lowest BCUT2D eigenvalue weighted by Crippen LogP contribution is -2.49. The van der Waals surface area contributed by atoms with E-state index in [-0.39, 0.29) is 18.0 Å². The first-order valence-electron chi connectivity index (χ1n) is 7.88. The van der Waals surface area contributed by atoms with E-state index in [0.29, 0.717) is 37.7 Å². The van der Waals surface area contributed by atoms with Gasteiger partial charge in [0, 0.05) is 26.2 Å². The van der Waals surface area contributed by atoms with Gasteiger partial charge in [0.15, 0.2) is 0 Å². The Labute approximate surface area is 151 Å². The fourth-order valence-corrected chi connectivity index (χ4v) is 2.89. The third-order valence-electron chi connectivity index (χ3n) is 4.00. The molecule has 1 N–H and O–H groups in total. The number of nitrogens with zero attached hydrogens (tertiary/aromatic N) is 1. The zero-order valence-corrected chi connectivity index (χ0v) is 14.3. The van der Waals surface area contributed by atoms with Gasteiger partial charge in [-0.25, -0.2) is 0 Å². The number of ether oxygens (including phenoxy) is 1. The summed E-state index contributed by atoms with van der Waals surface area (Å²) in [4.78, 5) is 1.48. The predicted molar refractivity (Wildman–Crippen MR) is 93.4 cm³/mol. The molecule has 1 aliphatic heterocycles. The van der Waals surface area contributed by atoms with Gasteiger partial charge in [-0.05, 0) is 29.8 Å². The van der Waals surface area contributed by atoms with Gasteiger partial charge in [0.05, 0.1) is 0 Å². The Kier molecular flexibility index (Phi) is 6.70. The van der Waals surface area contributed by atoms with Crippen LogP contribution in [-0.4, -0.2) is 37.3 Å². The van der Waals surface area contributed by atoms with Gasteiger partial charge in [-0.3, -0.25) is 4.90 Å². The maximum absolute atomic E-state index is 13.5. The average Bonchev–Trinajstić information content (AvgIpc) is 2.57. The number of hydrogen-bond acceptors (Lipinski definition) is 3. The van der Waals surface area contributed by atoms with Crippen molar-refractivity contribution in [2.45, 2.75) is 12.2 Å². The van der Waals surface area contributed by atoms with Crippen LogP contribution < -0.4 is 10.1 Å². The monoisotopic (exact) mass is 372 g/mol. The topological polar surface area (TPSA) is 24.5 Å². The normalized spacial score (nSPS) is 16.8. The van der Waals surface area contributed by atoms with Gasteiger partial charge in [0.25, 0.3) is 0 Å². The SMILES string of the molecule is Cl.FC(F)(F)[C@H](c1ccc(Oc2ccccc2)cc1)N1CCNCC1. The number of nitrogens with one attached hydrogen (secondary N) is 1. The molecule has 0 radical (unpaired) electrons. The van der Waals surface area contributed by atoms with Crippen LogP contribution in [0.5, 0.6) is 11.5 Å². The first-order valence-corrected chi connectivity index (χ1v) is 7.88. The molecule has 1 aliphatic rings. The molecule has 0 unspecified atom stereocenters. The number of halogens is 4. The van der Waals surface area contributed by atoms with Crippen LogP contribution >= 0.6 is 12.4 Å². The Bertz CT molecular complexity index is 644. The molecule has 2 aromatic rings. The van der Waals surface area contributed by atoms with E-state index in [2.05, 4.69) is 5.32 Å². The minimum Gasteiger partial charge on any atom is -0.457 e. The highest BCUT2D eigenvalue weighted by molar-refractivity contribution is 5.85. The van der Waals surface area contributed by atoms with Crippen LogP contribution in [0.1, 0.15) is 11.6 Å². The molecule has 0 saturated carbocycles. The van der Waals surface area contributed by atoms with Crippen LogP contribution in [0.2, 0.25) is 0 Å². The first-order chi connectivity index (χ1) is 11.5. The molecule has 0 aromatic heterocycles. The molecule has 0 aliphatic carbocycles. The lowest BCUT2D eigenvalue weighted by Gasteiger charge is -2.36. The highest BCUT2D eigenvalue weighted by Crippen LogP contribution is 2.38. The fourth-order valence-electron chi connectivity index (χ4n) is 2.89. The summed E-state index contributed by atoms with van der Waals surface area (Å²) in [7, 11) is 0. The largest absolute Gasteiger partial charge is 0.457 e. The van der Waals surface area contributed by atoms with Crippen LogP contribution in [0, 0.1) is 0 Å². The highest BCUT2D eigenvalue weighted by Gasteiger charge is 2.44. The van der Waals surface area contributed by atoms with Gasteiger partial charge in [-0.15, -0.1) is 12.4 Å². The van der Waals surface area contributed by atoms with Crippen molar-refractivity contribution < 1.29 is 17.9 Å². The second kappa shape index (κ2) is 8.56. The van der Waals surface area contributed by atoms with Crippen molar-refractivity contribution in [1.82, 2.24) is 10.2 Å². The van der Waals surface area contributed by atoms with E-state index in [1.165, 1.54) is 17.0 Å². The second-order valence-corrected chi connectivity index (χ2v) is 5.71. The quantitative estimate of drug-likeness (QED) is 0.860. The zero-order valence-electron chi connectivity index (χ0n) is 13.5. The van der Waals surface area contributed by atoms with E-state index < -0.39 is 12.2 Å². The predicted octanol–water partition coefficient (Wildman–Crippen LogP) is 4.41. The summed E-state index contributed by atoms with van der Waals surface area (Å²) >= 11 is 0. The molecule has 2 aromatic carbocycles. The van der Waals surface area contributed by atoms with Gasteiger partial charge in [-0.2, -0.15) is 13.2 Å². The van der Waals surface area contributed by atoms with E-state index >= 15 is 0 Å². The fraction of sp³-hybridized carbons (Fsp3) is 0.333. The Balaban J connectivity index is 0.00000225. The smallest absolute Gasteiger partial charge is 0.408 e. The van der Waals surface area contributed by atoms with Crippen molar-refractivity contribution >= 4 is 12.4 Å². The van der Waals surface area contributed by atoms with Crippen molar-refractivity contribution in [3.05, 3.63) is 60.2 Å². The molecule has 136 valence electrons. The number of rotatable bonds is 4. The number of hydrogen-bond donors (Lipinski definition) is 1. The Morgan fingerprint density at radius 2 is 1.44 bits per heavy atom. The minimum absolute atomic E-state index is 0. The lowest BCUT2D eigenvalue weighted by molar-refractivity contribution is -0.187. The van der Waals surface area contributed by atoms with Crippen molar-refractivity contribution in [3.8, 4) is 11.5 Å². The van der Waals surface area contributed by atoms with Gasteiger partial charge < -0.3 is 10.1 Å². The molecule has 3 rings (SSSR count). The van der Waals surface area contributed by atoms with Crippen molar-refractivity contribution in [1.29, 1.82) is 0 Å². The summed E-state index contributed by atoms with van der Waals surface area (Å²) in [6, 6.07) is 13.7. The number of para-hydroxylation sites is 1. The molecule has 0 spiro atoms. The molecule has 1 heterocycles. The molecule has 25 heavy (non-hydrogen) atoms. The maximum Gasteiger partial charge on any atom is 0.408 e. The van der Waals surface area contributed by atoms with Crippen LogP contribution in [0.25, 0.3) is 0 Å². The van der Waals surface area contributed by atoms with E-state index in [1.807, 2.05) is 18.2 Å². The van der Waals surface area contributed by atoms with Crippen molar-refractivity contribution in [2.75, 3.05) is 26.2 Å². The molecule has 1 atom stereocenters. The van der Waals surface area contributed by atoms with E-state index in [4.69, 9.17) is 4.74 Å². The minimum atomic E-state index is -4.31. The standard InChI is InChI=1S/C18H19F3N2O.ClH/c19-18(20,21)17(23-12-10-22-11-13-23)14-6-8-16(9-7-14)24-15-4-2-1-3-5-15;/h1-9,17,22H,10-13H2;1H/t17-;/m0./s1. The number of piperazine rings is 1. The Hall–Kier alpha value is -1.76. The third kappa shape index (κ3) is 5.11. The van der Waals surface area contributed by atoms with Crippen LogP contribution in [0.3, 0.4) is 0 Å². The summed E-state index contributed by atoms with van der Waals surface area (Å²) in [5, 5.41) is 3.08. The van der Waals surface area contributed by atoms with Gasteiger partial charge >= 0.3 is 6.18 Å². The molecule has 7 heteroatoms. The number of benzene rings is 2. The van der Waals surface area contributed by atoms with Gasteiger partial charge in [0.1, 0.15) is 17.5 Å². The third-order valence-corrected chi connectivity index (χ3v) is 4.00. The molecule has 1 fully saturated rings.